The first kappa shape index (κ1) is 15.9. The molecule has 114 valence electrons. The first-order valence-electron chi connectivity index (χ1n) is 6.42. The van der Waals surface area contributed by atoms with Crippen molar-refractivity contribution in [2.75, 3.05) is 18.1 Å². The smallest absolute Gasteiger partial charge is 0.218 e. The summed E-state index contributed by atoms with van der Waals surface area (Å²) in [5, 5.41) is 8.72. The maximum absolute atomic E-state index is 12.4. The average Bonchev–Trinajstić information content (AvgIpc) is 2.37. The number of sulfonamides is 1. The summed E-state index contributed by atoms with van der Waals surface area (Å²) >= 11 is 0. The molecule has 1 unspecified atom stereocenters. The third-order valence-corrected chi connectivity index (χ3v) is 7.15. The molecule has 1 aliphatic rings. The lowest BCUT2D eigenvalue weighted by molar-refractivity contribution is 0.356. The van der Waals surface area contributed by atoms with Crippen LogP contribution in [0.4, 0.5) is 0 Å². The molecule has 21 heavy (non-hydrogen) atoms. The van der Waals surface area contributed by atoms with Crippen molar-refractivity contribution >= 4 is 19.9 Å². The van der Waals surface area contributed by atoms with E-state index in [2.05, 4.69) is 0 Å². The fourth-order valence-corrected chi connectivity index (χ4v) is 5.90. The molecule has 1 atom stereocenters. The highest BCUT2D eigenvalue weighted by atomic mass is 32.2. The molecule has 0 saturated carbocycles. The van der Waals surface area contributed by atoms with Crippen LogP contribution in [0.2, 0.25) is 0 Å². The van der Waals surface area contributed by atoms with Gasteiger partial charge in [0.05, 0.1) is 28.9 Å². The molecule has 1 heterocycles. The van der Waals surface area contributed by atoms with Gasteiger partial charge in [0.1, 0.15) is 0 Å². The lowest BCUT2D eigenvalue weighted by Crippen LogP contribution is -2.49. The van der Waals surface area contributed by atoms with E-state index in [0.29, 0.717) is 11.1 Å². The van der Waals surface area contributed by atoms with Crippen LogP contribution in [0.15, 0.2) is 24.3 Å². The standard InChI is InChI=1S/C13H16N2O4S2/c1-11-9-20(16,17)7-6-15(11)21(18,19)10-13-4-2-12(8-14)3-5-13/h2-5,11H,6-7,9-10H2,1H3. The normalized spacial score (nSPS) is 22.6. The minimum absolute atomic E-state index is 0.00210. The Bertz CT molecular complexity index is 761. The quantitative estimate of drug-likeness (QED) is 0.805. The molecule has 1 aromatic rings. The molecule has 0 aromatic heterocycles. The summed E-state index contributed by atoms with van der Waals surface area (Å²) in [6.07, 6.45) is 0. The highest BCUT2D eigenvalue weighted by Crippen LogP contribution is 2.19. The second-order valence-electron chi connectivity index (χ2n) is 5.14. The average molecular weight is 328 g/mol. The van der Waals surface area contributed by atoms with Gasteiger partial charge in [0.2, 0.25) is 10.0 Å². The third-order valence-electron chi connectivity index (χ3n) is 3.40. The van der Waals surface area contributed by atoms with Crippen LogP contribution in [0.5, 0.6) is 0 Å². The Kier molecular flexibility index (Phi) is 4.37. The van der Waals surface area contributed by atoms with Crippen LogP contribution < -0.4 is 0 Å². The van der Waals surface area contributed by atoms with E-state index < -0.39 is 25.9 Å². The molecule has 8 heteroatoms. The van der Waals surface area contributed by atoms with Crippen molar-refractivity contribution in [1.29, 1.82) is 5.26 Å². The van der Waals surface area contributed by atoms with E-state index >= 15 is 0 Å². The van der Waals surface area contributed by atoms with E-state index in [-0.39, 0.29) is 23.8 Å². The molecular weight excluding hydrogens is 312 g/mol. The van der Waals surface area contributed by atoms with Gasteiger partial charge in [-0.2, -0.15) is 9.57 Å². The Balaban J connectivity index is 2.16. The molecular formula is C13H16N2O4S2. The van der Waals surface area contributed by atoms with Crippen LogP contribution >= 0.6 is 0 Å². The van der Waals surface area contributed by atoms with Gasteiger partial charge in [0.15, 0.2) is 9.84 Å². The predicted molar refractivity (Wildman–Crippen MR) is 78.6 cm³/mol. The number of hydrogen-bond donors (Lipinski definition) is 0. The second kappa shape index (κ2) is 5.75. The molecule has 6 nitrogen and oxygen atoms in total. The highest BCUT2D eigenvalue weighted by molar-refractivity contribution is 7.92. The maximum Gasteiger partial charge on any atom is 0.218 e. The SMILES string of the molecule is CC1CS(=O)(=O)CCN1S(=O)(=O)Cc1ccc(C#N)cc1. The summed E-state index contributed by atoms with van der Waals surface area (Å²) < 4.78 is 49.1. The number of nitrogens with zero attached hydrogens (tertiary/aromatic N) is 2. The highest BCUT2D eigenvalue weighted by Gasteiger charge is 2.35. The van der Waals surface area contributed by atoms with Crippen LogP contribution in [0, 0.1) is 11.3 Å². The zero-order chi connectivity index (χ0) is 15.7. The van der Waals surface area contributed by atoms with E-state index in [4.69, 9.17) is 5.26 Å². The van der Waals surface area contributed by atoms with Crippen molar-refractivity contribution in [3.8, 4) is 6.07 Å². The van der Waals surface area contributed by atoms with Gasteiger partial charge >= 0.3 is 0 Å². The van der Waals surface area contributed by atoms with Gasteiger partial charge in [-0.1, -0.05) is 12.1 Å². The van der Waals surface area contributed by atoms with E-state index in [1.807, 2.05) is 6.07 Å². The van der Waals surface area contributed by atoms with Gasteiger partial charge in [-0.25, -0.2) is 16.8 Å². The monoisotopic (exact) mass is 328 g/mol. The van der Waals surface area contributed by atoms with Crippen molar-refractivity contribution in [3.63, 3.8) is 0 Å². The maximum atomic E-state index is 12.4. The molecule has 1 saturated heterocycles. The predicted octanol–water partition coefficient (Wildman–Crippen LogP) is 0.507. The molecule has 2 rings (SSSR count). The zero-order valence-electron chi connectivity index (χ0n) is 11.6. The van der Waals surface area contributed by atoms with E-state index in [1.54, 1.807) is 31.2 Å². The van der Waals surface area contributed by atoms with Crippen LogP contribution in [-0.4, -0.2) is 45.2 Å². The summed E-state index contributed by atoms with van der Waals surface area (Å²) in [7, 11) is -6.72. The first-order chi connectivity index (χ1) is 9.73. The Morgan fingerprint density at radius 2 is 1.95 bits per heavy atom. The fraction of sp³-hybridized carbons (Fsp3) is 0.462. The number of nitriles is 1. The topological polar surface area (TPSA) is 95.3 Å². The van der Waals surface area contributed by atoms with Crippen LogP contribution in [0.25, 0.3) is 0 Å². The summed E-state index contributed by atoms with van der Waals surface area (Å²) in [5.74, 6) is -0.466. The molecule has 1 fully saturated rings. The zero-order valence-corrected chi connectivity index (χ0v) is 13.2. The fourth-order valence-electron chi connectivity index (χ4n) is 2.37. The van der Waals surface area contributed by atoms with Gasteiger partial charge < -0.3 is 0 Å². The lowest BCUT2D eigenvalue weighted by atomic mass is 10.2. The van der Waals surface area contributed by atoms with Crippen molar-refractivity contribution in [3.05, 3.63) is 35.4 Å². The number of sulfone groups is 1. The number of hydrogen-bond acceptors (Lipinski definition) is 5. The molecule has 0 aliphatic carbocycles. The largest absolute Gasteiger partial charge is 0.229 e. The van der Waals surface area contributed by atoms with Crippen molar-refractivity contribution in [1.82, 2.24) is 4.31 Å². The Hall–Kier alpha value is -1.43. The van der Waals surface area contributed by atoms with E-state index in [9.17, 15) is 16.8 Å². The second-order valence-corrected chi connectivity index (χ2v) is 9.29. The first-order valence-corrected chi connectivity index (χ1v) is 9.85. The van der Waals surface area contributed by atoms with Crippen LogP contribution in [-0.2, 0) is 25.6 Å². The molecule has 0 radical (unpaired) electrons. The third kappa shape index (κ3) is 3.81. The van der Waals surface area contributed by atoms with E-state index in [0.717, 1.165) is 0 Å². The minimum atomic E-state index is -3.57. The van der Waals surface area contributed by atoms with Gasteiger partial charge in [-0.15, -0.1) is 0 Å². The Labute approximate surface area is 125 Å². The van der Waals surface area contributed by atoms with Crippen LogP contribution in [0.1, 0.15) is 18.1 Å². The Morgan fingerprint density at radius 3 is 2.48 bits per heavy atom. The number of rotatable bonds is 3. The van der Waals surface area contributed by atoms with Gasteiger partial charge in [0.25, 0.3) is 0 Å². The molecule has 1 aromatic carbocycles. The van der Waals surface area contributed by atoms with E-state index in [1.165, 1.54) is 4.31 Å². The van der Waals surface area contributed by atoms with Crippen molar-refractivity contribution < 1.29 is 16.8 Å². The molecule has 0 bridgehead atoms. The van der Waals surface area contributed by atoms with Crippen LogP contribution in [0.3, 0.4) is 0 Å². The number of benzene rings is 1. The van der Waals surface area contributed by atoms with Gasteiger partial charge in [-0.05, 0) is 24.6 Å². The van der Waals surface area contributed by atoms with Gasteiger partial charge in [0, 0.05) is 12.6 Å². The molecule has 1 aliphatic heterocycles. The van der Waals surface area contributed by atoms with Gasteiger partial charge in [-0.3, -0.25) is 0 Å². The molecule has 0 amide bonds. The minimum Gasteiger partial charge on any atom is -0.229 e. The summed E-state index contributed by atoms with van der Waals surface area (Å²) in [6.45, 7) is 1.61. The van der Waals surface area contributed by atoms with Crippen molar-refractivity contribution in [2.24, 2.45) is 0 Å². The summed E-state index contributed by atoms with van der Waals surface area (Å²) in [5.41, 5.74) is 1.04. The lowest BCUT2D eigenvalue weighted by Gasteiger charge is -2.32. The summed E-state index contributed by atoms with van der Waals surface area (Å²) in [6, 6.07) is 7.75. The summed E-state index contributed by atoms with van der Waals surface area (Å²) in [4.78, 5) is 0. The Morgan fingerprint density at radius 1 is 1.33 bits per heavy atom. The van der Waals surface area contributed by atoms with Crippen molar-refractivity contribution in [2.45, 2.75) is 18.7 Å². The molecule has 0 N–H and O–H groups in total. The molecule has 0 spiro atoms.